The number of allylic oxidation sites excluding steroid dienone is 3. The largest absolute Gasteiger partial charge is 0.378 e. The van der Waals surface area contributed by atoms with E-state index >= 15 is 0 Å². The maximum absolute atomic E-state index is 5.69. The lowest BCUT2D eigenvalue weighted by atomic mass is 9.71. The number of hydrogen-bond acceptors (Lipinski definition) is 1. The average molecular weight is 243 g/mol. The van der Waals surface area contributed by atoms with Gasteiger partial charge in [0.15, 0.2) is 0 Å². The van der Waals surface area contributed by atoms with Crippen LogP contribution in [0.4, 0.5) is 0 Å². The Morgan fingerprint density at radius 3 is 3.15 bits per heavy atom. The minimum Gasteiger partial charge on any atom is -0.378 e. The minimum atomic E-state index is 0.226. The molecule has 1 fully saturated rings. The quantitative estimate of drug-likeness (QED) is 0.634. The van der Waals surface area contributed by atoms with E-state index in [1.165, 1.54) is 4.48 Å². The van der Waals surface area contributed by atoms with E-state index in [1.807, 2.05) is 0 Å². The zero-order chi connectivity index (χ0) is 9.47. The third kappa shape index (κ3) is 1.75. The molecule has 1 heterocycles. The normalized spacial score (nSPS) is 44.1. The molecule has 13 heavy (non-hydrogen) atoms. The minimum absolute atomic E-state index is 0.226. The van der Waals surface area contributed by atoms with E-state index in [2.05, 4.69) is 48.0 Å². The number of ether oxygens (including phenoxy) is 1. The molecule has 1 aliphatic heterocycles. The fraction of sp³-hybridized carbons (Fsp3) is 0.636. The van der Waals surface area contributed by atoms with Crippen molar-refractivity contribution >= 4 is 15.9 Å². The van der Waals surface area contributed by atoms with Crippen molar-refractivity contribution in [1.82, 2.24) is 0 Å². The monoisotopic (exact) mass is 242 g/mol. The Morgan fingerprint density at radius 1 is 1.62 bits per heavy atom. The van der Waals surface area contributed by atoms with E-state index in [4.69, 9.17) is 4.74 Å². The molecule has 0 aromatic rings. The number of halogens is 1. The van der Waals surface area contributed by atoms with Gasteiger partial charge in [-0.15, -0.1) is 0 Å². The van der Waals surface area contributed by atoms with E-state index in [-0.39, 0.29) is 5.41 Å². The van der Waals surface area contributed by atoms with Gasteiger partial charge in [0, 0.05) is 9.90 Å². The van der Waals surface area contributed by atoms with Crippen molar-refractivity contribution in [2.45, 2.75) is 26.4 Å². The summed E-state index contributed by atoms with van der Waals surface area (Å²) in [7, 11) is 0. The van der Waals surface area contributed by atoms with Gasteiger partial charge in [-0.2, -0.15) is 0 Å². The predicted molar refractivity (Wildman–Crippen MR) is 57.8 cm³/mol. The van der Waals surface area contributed by atoms with Crippen LogP contribution in [0.3, 0.4) is 0 Å². The fourth-order valence-corrected chi connectivity index (χ4v) is 2.52. The molecule has 3 unspecified atom stereocenters. The topological polar surface area (TPSA) is 9.23 Å². The molecule has 2 heteroatoms. The van der Waals surface area contributed by atoms with Crippen LogP contribution in [0.2, 0.25) is 0 Å². The van der Waals surface area contributed by atoms with Gasteiger partial charge in [-0.1, -0.05) is 41.1 Å². The van der Waals surface area contributed by atoms with Crippen molar-refractivity contribution in [3.63, 3.8) is 0 Å². The summed E-state index contributed by atoms with van der Waals surface area (Å²) in [4.78, 5) is 0. The highest BCUT2D eigenvalue weighted by Gasteiger charge is 2.37. The Kier molecular flexibility index (Phi) is 2.37. The van der Waals surface area contributed by atoms with Crippen LogP contribution < -0.4 is 0 Å². The standard InChI is InChI=1S/C11H15BrO/c1-8-5-9-6-10(12)3-4-11(9,2)7-13-8/h3-4,6,8-9H,5,7H2,1-2H3. The second-order valence-electron chi connectivity index (χ2n) is 4.35. The van der Waals surface area contributed by atoms with Crippen molar-refractivity contribution in [3.8, 4) is 0 Å². The summed E-state index contributed by atoms with van der Waals surface area (Å²) in [6.07, 6.45) is 8.26. The first-order valence-corrected chi connectivity index (χ1v) is 5.58. The molecule has 72 valence electrons. The van der Waals surface area contributed by atoms with E-state index in [1.54, 1.807) is 0 Å². The van der Waals surface area contributed by atoms with Crippen molar-refractivity contribution in [2.24, 2.45) is 11.3 Å². The summed E-state index contributed by atoms with van der Waals surface area (Å²) in [5, 5.41) is 0. The maximum Gasteiger partial charge on any atom is 0.0563 e. The molecular formula is C11H15BrO. The Morgan fingerprint density at radius 2 is 2.38 bits per heavy atom. The molecule has 0 bridgehead atoms. The van der Waals surface area contributed by atoms with Crippen molar-refractivity contribution in [3.05, 3.63) is 22.7 Å². The van der Waals surface area contributed by atoms with Gasteiger partial charge in [0.25, 0.3) is 0 Å². The Hall–Kier alpha value is -0.0800. The highest BCUT2D eigenvalue weighted by Crippen LogP contribution is 2.42. The molecule has 0 aromatic carbocycles. The third-order valence-corrected chi connectivity index (χ3v) is 3.62. The first kappa shape index (κ1) is 9.47. The molecule has 3 atom stereocenters. The van der Waals surface area contributed by atoms with Gasteiger partial charge in [-0.25, -0.2) is 0 Å². The van der Waals surface area contributed by atoms with Gasteiger partial charge in [-0.05, 0) is 19.3 Å². The molecule has 0 aromatic heterocycles. The summed E-state index contributed by atoms with van der Waals surface area (Å²) in [6, 6.07) is 0. The van der Waals surface area contributed by atoms with Gasteiger partial charge in [0.2, 0.25) is 0 Å². The van der Waals surface area contributed by atoms with E-state index in [9.17, 15) is 0 Å². The van der Waals surface area contributed by atoms with E-state index in [0.717, 1.165) is 13.0 Å². The molecule has 2 rings (SSSR count). The first-order chi connectivity index (χ1) is 6.10. The molecule has 1 aliphatic carbocycles. The van der Waals surface area contributed by atoms with Gasteiger partial charge in [-0.3, -0.25) is 0 Å². The summed E-state index contributed by atoms with van der Waals surface area (Å²) >= 11 is 3.53. The summed E-state index contributed by atoms with van der Waals surface area (Å²) < 4.78 is 6.90. The Balaban J connectivity index is 2.23. The fourth-order valence-electron chi connectivity index (χ4n) is 2.07. The highest BCUT2D eigenvalue weighted by molar-refractivity contribution is 9.11. The average Bonchev–Trinajstić information content (AvgIpc) is 2.08. The first-order valence-electron chi connectivity index (χ1n) is 4.78. The molecule has 0 amide bonds. The maximum atomic E-state index is 5.69. The van der Waals surface area contributed by atoms with Crippen LogP contribution in [0, 0.1) is 11.3 Å². The van der Waals surface area contributed by atoms with Crippen molar-refractivity contribution in [1.29, 1.82) is 0 Å². The molecule has 2 aliphatic rings. The lowest BCUT2D eigenvalue weighted by Crippen LogP contribution is -2.39. The highest BCUT2D eigenvalue weighted by atomic mass is 79.9. The number of fused-ring (bicyclic) bond motifs is 1. The Bertz CT molecular complexity index is 269. The van der Waals surface area contributed by atoms with Crippen molar-refractivity contribution < 1.29 is 4.74 Å². The molecule has 0 spiro atoms. The van der Waals surface area contributed by atoms with Gasteiger partial charge >= 0.3 is 0 Å². The summed E-state index contributed by atoms with van der Waals surface area (Å²) in [5.74, 6) is 0.635. The van der Waals surface area contributed by atoms with Crippen LogP contribution in [-0.2, 0) is 4.74 Å². The molecular weight excluding hydrogens is 228 g/mol. The molecule has 0 saturated carbocycles. The van der Waals surface area contributed by atoms with Gasteiger partial charge in [0.1, 0.15) is 0 Å². The van der Waals surface area contributed by atoms with Crippen LogP contribution >= 0.6 is 15.9 Å². The van der Waals surface area contributed by atoms with Gasteiger partial charge < -0.3 is 4.74 Å². The predicted octanol–water partition coefficient (Wildman–Crippen LogP) is 3.27. The van der Waals surface area contributed by atoms with Crippen LogP contribution in [-0.4, -0.2) is 12.7 Å². The number of hydrogen-bond donors (Lipinski definition) is 0. The lowest BCUT2D eigenvalue weighted by molar-refractivity contribution is -0.0506. The van der Waals surface area contributed by atoms with Crippen LogP contribution in [0.5, 0.6) is 0 Å². The molecule has 1 saturated heterocycles. The molecule has 0 N–H and O–H groups in total. The van der Waals surface area contributed by atoms with Gasteiger partial charge in [0.05, 0.1) is 12.7 Å². The second kappa shape index (κ2) is 3.25. The SMILES string of the molecule is CC1CC2C=C(Br)C=CC2(C)CO1. The van der Waals surface area contributed by atoms with Crippen LogP contribution in [0.25, 0.3) is 0 Å². The van der Waals surface area contributed by atoms with E-state index < -0.39 is 0 Å². The van der Waals surface area contributed by atoms with E-state index in [0.29, 0.717) is 12.0 Å². The number of rotatable bonds is 0. The van der Waals surface area contributed by atoms with Crippen LogP contribution in [0.15, 0.2) is 22.7 Å². The molecule has 1 nitrogen and oxygen atoms in total. The zero-order valence-electron chi connectivity index (χ0n) is 8.09. The smallest absolute Gasteiger partial charge is 0.0563 e. The summed E-state index contributed by atoms with van der Waals surface area (Å²) in [5.41, 5.74) is 0.226. The summed E-state index contributed by atoms with van der Waals surface area (Å²) in [6.45, 7) is 5.28. The zero-order valence-corrected chi connectivity index (χ0v) is 9.67. The molecule has 0 radical (unpaired) electrons. The second-order valence-corrected chi connectivity index (χ2v) is 5.27. The Labute approximate surface area is 88.0 Å². The third-order valence-electron chi connectivity index (χ3n) is 3.10. The van der Waals surface area contributed by atoms with Crippen LogP contribution in [0.1, 0.15) is 20.3 Å². The van der Waals surface area contributed by atoms with Crippen molar-refractivity contribution in [2.75, 3.05) is 6.61 Å². The lowest BCUT2D eigenvalue weighted by Gasteiger charge is -2.42.